The van der Waals surface area contributed by atoms with E-state index in [9.17, 15) is 18.0 Å². The Bertz CT molecular complexity index is 644. The van der Waals surface area contributed by atoms with Gasteiger partial charge in [-0.05, 0) is 37.1 Å². The molecule has 1 heterocycles. The van der Waals surface area contributed by atoms with Gasteiger partial charge in [0, 0.05) is 10.9 Å². The zero-order valence-electron chi connectivity index (χ0n) is 11.1. The van der Waals surface area contributed by atoms with Gasteiger partial charge in [0.25, 0.3) is 0 Å². The highest BCUT2D eigenvalue weighted by Crippen LogP contribution is 2.25. The monoisotopic (exact) mass is 285 g/mol. The summed E-state index contributed by atoms with van der Waals surface area (Å²) in [6.45, 7) is 2.54. The van der Waals surface area contributed by atoms with E-state index in [1.165, 1.54) is 6.26 Å². The number of nitrogens with one attached hydrogen (secondary N) is 1. The van der Waals surface area contributed by atoms with Crippen molar-refractivity contribution in [1.82, 2.24) is 5.32 Å². The second-order valence-electron chi connectivity index (χ2n) is 4.76. The number of rotatable bonds is 3. The fourth-order valence-electron chi connectivity index (χ4n) is 1.91. The summed E-state index contributed by atoms with van der Waals surface area (Å²) in [6.07, 6.45) is -3.12. The first kappa shape index (κ1) is 14.4. The molecule has 0 saturated heterocycles. The van der Waals surface area contributed by atoms with Gasteiger partial charge in [-0.3, -0.25) is 4.79 Å². The number of hydrogen-bond acceptors (Lipinski definition) is 2. The molecule has 0 aliphatic heterocycles. The summed E-state index contributed by atoms with van der Waals surface area (Å²) in [4.78, 5) is 11.5. The fraction of sp³-hybridized carbons (Fsp3) is 0.357. The lowest BCUT2D eigenvalue weighted by Gasteiger charge is -2.07. The molecular formula is C14H14F3NO2. The maximum absolute atomic E-state index is 12.0. The Morgan fingerprint density at radius 1 is 1.25 bits per heavy atom. The molecule has 1 aromatic carbocycles. The Labute approximate surface area is 113 Å². The molecule has 0 aliphatic carbocycles. The molecule has 0 fully saturated rings. The molecule has 3 nitrogen and oxygen atoms in total. The molecule has 108 valence electrons. The van der Waals surface area contributed by atoms with Crippen LogP contribution in [0.4, 0.5) is 13.2 Å². The zero-order chi connectivity index (χ0) is 14.9. The largest absolute Gasteiger partial charge is 0.464 e. The second kappa shape index (κ2) is 5.19. The van der Waals surface area contributed by atoms with Crippen molar-refractivity contribution >= 4 is 16.9 Å². The van der Waals surface area contributed by atoms with Gasteiger partial charge in [0.1, 0.15) is 12.1 Å². The molecule has 0 atom stereocenters. The van der Waals surface area contributed by atoms with Crippen LogP contribution in [0.15, 0.2) is 22.8 Å². The molecule has 20 heavy (non-hydrogen) atoms. The van der Waals surface area contributed by atoms with Gasteiger partial charge in [-0.1, -0.05) is 0 Å². The first-order valence-electron chi connectivity index (χ1n) is 6.07. The number of carbonyl (C=O) groups is 1. The Morgan fingerprint density at radius 2 is 1.90 bits per heavy atom. The van der Waals surface area contributed by atoms with E-state index >= 15 is 0 Å². The van der Waals surface area contributed by atoms with Crippen LogP contribution >= 0.6 is 0 Å². The van der Waals surface area contributed by atoms with Gasteiger partial charge in [-0.2, -0.15) is 13.2 Å². The fourth-order valence-corrected chi connectivity index (χ4v) is 1.91. The topological polar surface area (TPSA) is 42.2 Å². The van der Waals surface area contributed by atoms with Crippen LogP contribution in [0.5, 0.6) is 0 Å². The molecule has 0 unspecified atom stereocenters. The number of hydrogen-bond donors (Lipinski definition) is 1. The van der Waals surface area contributed by atoms with Gasteiger partial charge >= 0.3 is 6.18 Å². The van der Waals surface area contributed by atoms with Crippen LogP contribution in [0, 0.1) is 13.8 Å². The van der Waals surface area contributed by atoms with E-state index in [2.05, 4.69) is 0 Å². The van der Waals surface area contributed by atoms with Crippen LogP contribution < -0.4 is 5.32 Å². The van der Waals surface area contributed by atoms with Crippen LogP contribution in [0.2, 0.25) is 0 Å². The van der Waals surface area contributed by atoms with E-state index in [1.807, 2.05) is 31.3 Å². The SMILES string of the molecule is Cc1cc2occ(CC(=O)NCC(F)(F)F)c2cc1C. The maximum Gasteiger partial charge on any atom is 0.405 e. The molecule has 0 aliphatic rings. The van der Waals surface area contributed by atoms with Crippen LogP contribution in [0.25, 0.3) is 11.0 Å². The van der Waals surface area contributed by atoms with Crippen molar-refractivity contribution in [3.8, 4) is 0 Å². The lowest BCUT2D eigenvalue weighted by molar-refractivity contribution is -0.138. The van der Waals surface area contributed by atoms with Gasteiger partial charge in [-0.15, -0.1) is 0 Å². The molecule has 0 bridgehead atoms. The standard InChI is InChI=1S/C14H14F3NO2/c1-8-3-11-10(6-20-12(11)4-9(8)2)5-13(19)18-7-14(15,16)17/h3-4,6H,5,7H2,1-2H3,(H,18,19). The third kappa shape index (κ3) is 3.31. The molecule has 1 aromatic heterocycles. The molecule has 1 N–H and O–H groups in total. The van der Waals surface area contributed by atoms with Crippen molar-refractivity contribution in [2.24, 2.45) is 0 Å². The average molecular weight is 285 g/mol. The van der Waals surface area contributed by atoms with E-state index in [0.717, 1.165) is 16.5 Å². The average Bonchev–Trinajstić information content (AvgIpc) is 2.69. The van der Waals surface area contributed by atoms with Gasteiger partial charge in [0.2, 0.25) is 5.91 Å². The van der Waals surface area contributed by atoms with E-state index in [0.29, 0.717) is 11.1 Å². The summed E-state index contributed by atoms with van der Waals surface area (Å²) in [6, 6.07) is 3.72. The molecule has 0 saturated carbocycles. The van der Waals surface area contributed by atoms with Gasteiger partial charge in [0.05, 0.1) is 12.7 Å². The summed E-state index contributed by atoms with van der Waals surface area (Å²) >= 11 is 0. The number of aryl methyl sites for hydroxylation is 2. The minimum Gasteiger partial charge on any atom is -0.464 e. The lowest BCUT2D eigenvalue weighted by atomic mass is 10.0. The Morgan fingerprint density at radius 3 is 2.55 bits per heavy atom. The number of carbonyl (C=O) groups excluding carboxylic acids is 1. The Kier molecular flexibility index (Phi) is 3.74. The number of benzene rings is 1. The van der Waals surface area contributed by atoms with Gasteiger partial charge in [0.15, 0.2) is 0 Å². The zero-order valence-corrected chi connectivity index (χ0v) is 11.1. The van der Waals surface area contributed by atoms with Crippen molar-refractivity contribution in [2.75, 3.05) is 6.54 Å². The molecule has 0 spiro atoms. The highest BCUT2D eigenvalue weighted by atomic mass is 19.4. The Balaban J connectivity index is 2.14. The smallest absolute Gasteiger partial charge is 0.405 e. The highest BCUT2D eigenvalue weighted by Gasteiger charge is 2.27. The maximum atomic E-state index is 12.0. The number of halogens is 3. The molecule has 6 heteroatoms. The highest BCUT2D eigenvalue weighted by molar-refractivity contribution is 5.88. The molecule has 2 aromatic rings. The molecule has 0 radical (unpaired) electrons. The second-order valence-corrected chi connectivity index (χ2v) is 4.76. The lowest BCUT2D eigenvalue weighted by Crippen LogP contribution is -2.34. The van der Waals surface area contributed by atoms with Crippen molar-refractivity contribution in [3.63, 3.8) is 0 Å². The summed E-state index contributed by atoms with van der Waals surface area (Å²) in [5, 5.41) is 2.61. The third-order valence-electron chi connectivity index (χ3n) is 3.11. The number of amides is 1. The van der Waals surface area contributed by atoms with Crippen molar-refractivity contribution < 1.29 is 22.4 Å². The van der Waals surface area contributed by atoms with Crippen LogP contribution in [-0.2, 0) is 11.2 Å². The number of alkyl halides is 3. The Hall–Kier alpha value is -1.98. The number of furan rings is 1. The van der Waals surface area contributed by atoms with E-state index in [4.69, 9.17) is 4.42 Å². The summed E-state index contributed by atoms with van der Waals surface area (Å²) in [5.74, 6) is -0.678. The third-order valence-corrected chi connectivity index (χ3v) is 3.11. The van der Waals surface area contributed by atoms with E-state index in [-0.39, 0.29) is 6.42 Å². The minimum absolute atomic E-state index is 0.133. The minimum atomic E-state index is -4.40. The van der Waals surface area contributed by atoms with E-state index < -0.39 is 18.6 Å². The van der Waals surface area contributed by atoms with Gasteiger partial charge < -0.3 is 9.73 Å². The van der Waals surface area contributed by atoms with Gasteiger partial charge in [-0.25, -0.2) is 0 Å². The predicted molar refractivity (Wildman–Crippen MR) is 68.5 cm³/mol. The van der Waals surface area contributed by atoms with Crippen LogP contribution in [0.1, 0.15) is 16.7 Å². The van der Waals surface area contributed by atoms with Crippen LogP contribution in [0.3, 0.4) is 0 Å². The van der Waals surface area contributed by atoms with Crippen LogP contribution in [-0.4, -0.2) is 18.6 Å². The number of fused-ring (bicyclic) bond motifs is 1. The first-order valence-corrected chi connectivity index (χ1v) is 6.07. The van der Waals surface area contributed by atoms with Crippen molar-refractivity contribution in [2.45, 2.75) is 26.4 Å². The predicted octanol–water partition coefficient (Wildman–Crippen LogP) is 3.27. The summed E-state index contributed by atoms with van der Waals surface area (Å²) < 4.78 is 41.4. The van der Waals surface area contributed by atoms with Crippen molar-refractivity contribution in [1.29, 1.82) is 0 Å². The van der Waals surface area contributed by atoms with E-state index in [1.54, 1.807) is 0 Å². The normalized spacial score (nSPS) is 11.8. The molecule has 1 amide bonds. The molecule has 2 rings (SSSR count). The van der Waals surface area contributed by atoms with Crippen molar-refractivity contribution in [3.05, 3.63) is 35.1 Å². The first-order chi connectivity index (χ1) is 9.26. The summed E-state index contributed by atoms with van der Waals surface area (Å²) in [5.41, 5.74) is 3.31. The summed E-state index contributed by atoms with van der Waals surface area (Å²) in [7, 11) is 0. The quantitative estimate of drug-likeness (QED) is 0.940. The molecular weight excluding hydrogens is 271 g/mol.